The molecule has 0 bridgehead atoms. The highest BCUT2D eigenvalue weighted by atomic mass is 16.2. The first-order valence-electron chi connectivity index (χ1n) is 17.7. The highest BCUT2D eigenvalue weighted by molar-refractivity contribution is 5.88. The van der Waals surface area contributed by atoms with Gasteiger partial charge in [0.25, 0.3) is 0 Å². The molecule has 9 heteroatoms. The Bertz CT molecular complexity index is 1640. The Morgan fingerprint density at radius 2 is 1.32 bits per heavy atom. The third-order valence-corrected chi connectivity index (χ3v) is 6.62. The molecule has 0 spiro atoms. The fourth-order valence-corrected chi connectivity index (χ4v) is 4.02. The number of carbonyl (C=O) groups excluding carboxylic acids is 4. The SMILES string of the molecule is CC.CCCc1ccc(NC(C)=O)cc1.CNC=O.Cc1ccc(-n2nc(C(C)(C)C)cc2C)cc1.Cc1ccccc1.Cc1cccnc1.O=C=O. The largest absolute Gasteiger partial charge is 0.373 e. The quantitative estimate of drug-likeness (QED) is 0.174. The molecule has 0 saturated carbocycles. The summed E-state index contributed by atoms with van der Waals surface area (Å²) in [6.07, 6.45) is 6.73. The van der Waals surface area contributed by atoms with Crippen LogP contribution in [0.4, 0.5) is 5.69 Å². The van der Waals surface area contributed by atoms with Crippen LogP contribution in [0, 0.1) is 27.7 Å². The normalized spacial score (nSPS) is 9.13. The van der Waals surface area contributed by atoms with Gasteiger partial charge in [-0.25, -0.2) is 4.68 Å². The zero-order valence-corrected chi connectivity index (χ0v) is 33.9. The van der Waals surface area contributed by atoms with Crippen molar-refractivity contribution < 1.29 is 19.2 Å². The molecule has 0 atom stereocenters. The predicted molar refractivity (Wildman–Crippen MR) is 218 cm³/mol. The number of hydrogen-bond acceptors (Lipinski definition) is 6. The molecule has 0 radical (unpaired) electrons. The molecule has 9 nitrogen and oxygen atoms in total. The van der Waals surface area contributed by atoms with Crippen molar-refractivity contribution in [3.63, 3.8) is 0 Å². The Morgan fingerprint density at radius 1 is 0.811 bits per heavy atom. The fourth-order valence-electron chi connectivity index (χ4n) is 4.02. The Kier molecular flexibility index (Phi) is 28.0. The first-order valence-corrected chi connectivity index (χ1v) is 17.7. The number of aryl methyl sites for hydroxylation is 5. The second kappa shape index (κ2) is 30.0. The van der Waals surface area contributed by atoms with E-state index in [9.17, 15) is 4.79 Å². The molecule has 0 aliphatic carbocycles. The number of pyridine rings is 1. The number of nitrogens with zero attached hydrogens (tertiary/aromatic N) is 3. The van der Waals surface area contributed by atoms with E-state index in [0.29, 0.717) is 6.41 Å². The van der Waals surface area contributed by atoms with Crippen LogP contribution in [0.3, 0.4) is 0 Å². The van der Waals surface area contributed by atoms with Crippen LogP contribution in [0.1, 0.15) is 88.5 Å². The van der Waals surface area contributed by atoms with Crippen LogP contribution in [0.5, 0.6) is 0 Å². The fraction of sp³-hybridized carbons (Fsp3) is 0.341. The van der Waals surface area contributed by atoms with E-state index in [4.69, 9.17) is 19.5 Å². The Balaban J connectivity index is 0. The summed E-state index contributed by atoms with van der Waals surface area (Å²) in [4.78, 5) is 39.9. The topological polar surface area (TPSA) is 123 Å². The third kappa shape index (κ3) is 25.0. The summed E-state index contributed by atoms with van der Waals surface area (Å²) in [6, 6.07) is 32.8. The molecular weight excluding hydrogens is 663 g/mol. The Hall–Kier alpha value is -5.66. The summed E-state index contributed by atoms with van der Waals surface area (Å²) >= 11 is 0. The number of benzene rings is 3. The van der Waals surface area contributed by atoms with Crippen molar-refractivity contribution >= 4 is 24.2 Å². The number of amides is 2. The minimum Gasteiger partial charge on any atom is -0.362 e. The van der Waals surface area contributed by atoms with Crippen molar-refractivity contribution in [1.29, 1.82) is 0 Å². The van der Waals surface area contributed by atoms with E-state index in [-0.39, 0.29) is 17.5 Å². The number of hydrogen-bond donors (Lipinski definition) is 2. The first-order chi connectivity index (χ1) is 25.2. The number of rotatable bonds is 5. The molecule has 53 heavy (non-hydrogen) atoms. The van der Waals surface area contributed by atoms with Gasteiger partial charge in [0.05, 0.1) is 11.4 Å². The lowest BCUT2D eigenvalue weighted by Crippen LogP contribution is -2.12. The summed E-state index contributed by atoms with van der Waals surface area (Å²) in [6.45, 7) is 22.5. The van der Waals surface area contributed by atoms with Crippen molar-refractivity contribution in [2.24, 2.45) is 0 Å². The minimum atomic E-state index is -0.0248. The molecule has 2 aromatic heterocycles. The third-order valence-electron chi connectivity index (χ3n) is 6.62. The van der Waals surface area contributed by atoms with Gasteiger partial charge in [-0.1, -0.05) is 120 Å². The maximum atomic E-state index is 10.7. The molecule has 0 unspecified atom stereocenters. The summed E-state index contributed by atoms with van der Waals surface area (Å²) in [5, 5.41) is 9.68. The lowest BCUT2D eigenvalue weighted by Gasteiger charge is -2.14. The number of aromatic nitrogens is 3. The summed E-state index contributed by atoms with van der Waals surface area (Å²) in [5.41, 5.74) is 9.53. The standard InChI is InChI=1S/C15H20N2.C11H15NO.C7H8.C6H7N.C2H5NO.C2H6.CO2/c1-11-6-8-13(9-7-11)17-12(2)10-14(16-17)15(3,4)5;1-3-4-10-5-7-11(8-6-10)12-9(2)13;1-7-5-3-2-4-6-7;1-6-3-2-4-7-5-6;1-3-2-4;1-2;2-1-3/h6-10H,1-5H3;5-8H,3-4H2,1-2H3,(H,12,13);2-6H,1H3;2-5H,1H3;2H,1H3,(H,3,4);1-2H3;. The average Bonchev–Trinajstić information content (AvgIpc) is 3.54. The van der Waals surface area contributed by atoms with Crippen LogP contribution in [0.25, 0.3) is 5.69 Å². The molecule has 2 heterocycles. The maximum Gasteiger partial charge on any atom is 0.373 e. The van der Waals surface area contributed by atoms with Crippen LogP contribution >= 0.6 is 0 Å². The van der Waals surface area contributed by atoms with E-state index >= 15 is 0 Å². The van der Waals surface area contributed by atoms with E-state index in [1.807, 2.05) is 74.1 Å². The average molecular weight is 724 g/mol. The van der Waals surface area contributed by atoms with E-state index in [1.54, 1.807) is 13.2 Å². The molecule has 0 aliphatic heterocycles. The van der Waals surface area contributed by atoms with Gasteiger partial charge in [-0.3, -0.25) is 14.6 Å². The van der Waals surface area contributed by atoms with Gasteiger partial charge in [0, 0.05) is 43.2 Å². The second-order valence-electron chi connectivity index (χ2n) is 12.5. The molecule has 5 rings (SSSR count). The van der Waals surface area contributed by atoms with Crippen molar-refractivity contribution in [3.05, 3.63) is 143 Å². The lowest BCUT2D eigenvalue weighted by molar-refractivity contribution is -0.191. The van der Waals surface area contributed by atoms with Crippen molar-refractivity contribution in [2.45, 2.75) is 94.4 Å². The monoisotopic (exact) mass is 723 g/mol. The van der Waals surface area contributed by atoms with Gasteiger partial charge in [0.1, 0.15) is 0 Å². The Morgan fingerprint density at radius 3 is 1.66 bits per heavy atom. The van der Waals surface area contributed by atoms with E-state index < -0.39 is 0 Å². The Labute approximate surface area is 318 Å². The van der Waals surface area contributed by atoms with Crippen LogP contribution in [-0.4, -0.2) is 40.3 Å². The van der Waals surface area contributed by atoms with Crippen LogP contribution in [-0.2, 0) is 31.0 Å². The van der Waals surface area contributed by atoms with Crippen molar-refractivity contribution in [2.75, 3.05) is 12.4 Å². The van der Waals surface area contributed by atoms with Crippen molar-refractivity contribution in [3.8, 4) is 5.69 Å². The highest BCUT2D eigenvalue weighted by Crippen LogP contribution is 2.23. The highest BCUT2D eigenvalue weighted by Gasteiger charge is 2.18. The number of nitrogens with one attached hydrogen (secondary N) is 2. The second-order valence-corrected chi connectivity index (χ2v) is 12.5. The van der Waals surface area contributed by atoms with Gasteiger partial charge < -0.3 is 10.6 Å². The molecular formula is C44H61N5O4. The zero-order valence-electron chi connectivity index (χ0n) is 33.9. The minimum absolute atomic E-state index is 0.0248. The molecule has 0 fully saturated rings. The van der Waals surface area contributed by atoms with E-state index in [2.05, 4.69) is 119 Å². The van der Waals surface area contributed by atoms with Gasteiger partial charge in [-0.15, -0.1) is 0 Å². The van der Waals surface area contributed by atoms with Gasteiger partial charge in [-0.05, 0) is 81.6 Å². The van der Waals surface area contributed by atoms with Crippen molar-refractivity contribution in [1.82, 2.24) is 20.1 Å². The number of anilines is 1. The summed E-state index contributed by atoms with van der Waals surface area (Å²) < 4.78 is 2.01. The molecule has 0 aliphatic rings. The molecule has 3 aromatic carbocycles. The van der Waals surface area contributed by atoms with E-state index in [0.717, 1.165) is 29.9 Å². The summed E-state index contributed by atoms with van der Waals surface area (Å²) in [5.74, 6) is -0.0248. The van der Waals surface area contributed by atoms with Crippen LogP contribution in [0.15, 0.2) is 109 Å². The maximum absolute atomic E-state index is 10.7. The van der Waals surface area contributed by atoms with Gasteiger partial charge in [0.15, 0.2) is 0 Å². The molecule has 5 aromatic rings. The van der Waals surface area contributed by atoms with Gasteiger partial charge in [0.2, 0.25) is 12.3 Å². The van der Waals surface area contributed by atoms with Crippen LogP contribution < -0.4 is 10.6 Å². The molecule has 286 valence electrons. The van der Waals surface area contributed by atoms with Crippen LogP contribution in [0.2, 0.25) is 0 Å². The van der Waals surface area contributed by atoms with Gasteiger partial charge in [-0.2, -0.15) is 14.7 Å². The molecule has 0 saturated heterocycles. The van der Waals surface area contributed by atoms with Gasteiger partial charge >= 0.3 is 6.15 Å². The predicted octanol–water partition coefficient (Wildman–Crippen LogP) is 9.57. The first kappa shape index (κ1) is 49.5. The summed E-state index contributed by atoms with van der Waals surface area (Å²) in [7, 11) is 1.56. The molecule has 2 amide bonds. The van der Waals surface area contributed by atoms with E-state index in [1.165, 1.54) is 34.9 Å². The molecule has 2 N–H and O–H groups in total. The smallest absolute Gasteiger partial charge is 0.362 e. The lowest BCUT2D eigenvalue weighted by atomic mass is 9.92. The number of carbonyl (C=O) groups is 2. The zero-order chi connectivity index (χ0) is 40.7.